The minimum absolute atomic E-state index is 0.405. The van der Waals surface area contributed by atoms with Crippen LogP contribution in [0.3, 0.4) is 0 Å². The van der Waals surface area contributed by atoms with Gasteiger partial charge in [0.1, 0.15) is 5.75 Å². The van der Waals surface area contributed by atoms with Crippen LogP contribution >= 0.6 is 11.6 Å². The van der Waals surface area contributed by atoms with Crippen molar-refractivity contribution < 1.29 is 9.53 Å². The van der Waals surface area contributed by atoms with Crippen LogP contribution in [-0.4, -0.2) is 5.97 Å². The van der Waals surface area contributed by atoms with Gasteiger partial charge in [-0.15, -0.1) is 0 Å². The normalized spacial score (nSPS) is 10.0. The minimum atomic E-state index is -0.405. The van der Waals surface area contributed by atoms with Crippen LogP contribution in [-0.2, 0) is 0 Å². The lowest BCUT2D eigenvalue weighted by molar-refractivity contribution is 0.0735. The van der Waals surface area contributed by atoms with E-state index in [0.717, 1.165) is 5.56 Å². The van der Waals surface area contributed by atoms with Gasteiger partial charge in [-0.1, -0.05) is 35.9 Å². The molecule has 0 spiro atoms. The van der Waals surface area contributed by atoms with Gasteiger partial charge in [-0.05, 0) is 36.8 Å². The summed E-state index contributed by atoms with van der Waals surface area (Å²) in [4.78, 5) is 11.8. The summed E-state index contributed by atoms with van der Waals surface area (Å²) < 4.78 is 5.20. The standard InChI is InChI=1S/C14H11ClO2/c1-10-7-8-11(9-13(10)15)14(16)17-12-5-3-2-4-6-12/h2-9H,1H3. The lowest BCUT2D eigenvalue weighted by Gasteiger charge is -2.05. The van der Waals surface area contributed by atoms with Crippen molar-refractivity contribution in [2.45, 2.75) is 6.92 Å². The van der Waals surface area contributed by atoms with Crippen LogP contribution in [0.15, 0.2) is 48.5 Å². The topological polar surface area (TPSA) is 26.3 Å². The van der Waals surface area contributed by atoms with Gasteiger partial charge in [0.15, 0.2) is 0 Å². The van der Waals surface area contributed by atoms with Gasteiger partial charge in [0.25, 0.3) is 0 Å². The van der Waals surface area contributed by atoms with Gasteiger partial charge in [-0.2, -0.15) is 0 Å². The number of carbonyl (C=O) groups is 1. The van der Waals surface area contributed by atoms with Crippen molar-refractivity contribution in [3.8, 4) is 5.75 Å². The highest BCUT2D eigenvalue weighted by Crippen LogP contribution is 2.18. The first-order valence-corrected chi connectivity index (χ1v) is 5.58. The predicted octanol–water partition coefficient (Wildman–Crippen LogP) is 3.87. The number of hydrogen-bond donors (Lipinski definition) is 0. The second kappa shape index (κ2) is 5.02. The Morgan fingerprint density at radius 1 is 1.12 bits per heavy atom. The van der Waals surface area contributed by atoms with Crippen LogP contribution in [0.4, 0.5) is 0 Å². The largest absolute Gasteiger partial charge is 0.423 e. The first kappa shape index (κ1) is 11.7. The van der Waals surface area contributed by atoms with E-state index in [-0.39, 0.29) is 0 Å². The number of hydrogen-bond acceptors (Lipinski definition) is 2. The van der Waals surface area contributed by atoms with Crippen LogP contribution < -0.4 is 4.74 Å². The zero-order valence-electron chi connectivity index (χ0n) is 9.31. The molecule has 0 radical (unpaired) electrons. The molecule has 0 aliphatic carbocycles. The summed E-state index contributed by atoms with van der Waals surface area (Å²) in [5.74, 6) is 0.118. The summed E-state index contributed by atoms with van der Waals surface area (Å²) >= 11 is 5.95. The van der Waals surface area contributed by atoms with Gasteiger partial charge >= 0.3 is 5.97 Å². The molecule has 0 aromatic heterocycles. The third-order valence-corrected chi connectivity index (χ3v) is 2.77. The Labute approximate surface area is 105 Å². The second-order valence-corrected chi connectivity index (χ2v) is 4.07. The van der Waals surface area contributed by atoms with E-state index in [2.05, 4.69) is 0 Å². The number of aryl methyl sites for hydroxylation is 1. The molecule has 2 nitrogen and oxygen atoms in total. The Balaban J connectivity index is 2.18. The fourth-order valence-corrected chi connectivity index (χ4v) is 1.55. The number of carbonyl (C=O) groups excluding carboxylic acids is 1. The van der Waals surface area contributed by atoms with Crippen molar-refractivity contribution in [3.05, 3.63) is 64.7 Å². The molecule has 0 amide bonds. The average molecular weight is 247 g/mol. The molecule has 86 valence electrons. The van der Waals surface area contributed by atoms with Gasteiger partial charge in [0, 0.05) is 5.02 Å². The first-order chi connectivity index (χ1) is 8.16. The number of ether oxygens (including phenoxy) is 1. The number of para-hydroxylation sites is 1. The van der Waals surface area contributed by atoms with Crippen molar-refractivity contribution in [2.24, 2.45) is 0 Å². The van der Waals surface area contributed by atoms with E-state index >= 15 is 0 Å². The molecule has 0 heterocycles. The smallest absolute Gasteiger partial charge is 0.343 e. The second-order valence-electron chi connectivity index (χ2n) is 3.67. The fourth-order valence-electron chi connectivity index (χ4n) is 1.37. The highest BCUT2D eigenvalue weighted by molar-refractivity contribution is 6.31. The van der Waals surface area contributed by atoms with Crippen LogP contribution in [0.5, 0.6) is 5.75 Å². The number of halogens is 1. The summed E-state index contributed by atoms with van der Waals surface area (Å²) in [6.07, 6.45) is 0. The molecule has 0 N–H and O–H groups in total. The third kappa shape index (κ3) is 2.86. The molecule has 2 aromatic carbocycles. The molecule has 0 unspecified atom stereocenters. The lowest BCUT2D eigenvalue weighted by Crippen LogP contribution is -2.08. The fraction of sp³-hybridized carbons (Fsp3) is 0.0714. The van der Waals surface area contributed by atoms with Crippen molar-refractivity contribution in [1.82, 2.24) is 0 Å². The molecule has 0 fully saturated rings. The monoisotopic (exact) mass is 246 g/mol. The molecule has 17 heavy (non-hydrogen) atoms. The van der Waals surface area contributed by atoms with Crippen molar-refractivity contribution in [3.63, 3.8) is 0 Å². The zero-order valence-corrected chi connectivity index (χ0v) is 10.1. The maximum absolute atomic E-state index is 11.8. The molecule has 0 atom stereocenters. The number of rotatable bonds is 2. The number of esters is 1. The van der Waals surface area contributed by atoms with Crippen LogP contribution in [0.1, 0.15) is 15.9 Å². The minimum Gasteiger partial charge on any atom is -0.423 e. The molecule has 2 aromatic rings. The maximum Gasteiger partial charge on any atom is 0.343 e. The molecule has 0 aliphatic heterocycles. The van der Waals surface area contributed by atoms with Crippen molar-refractivity contribution >= 4 is 17.6 Å². The average Bonchev–Trinajstić information content (AvgIpc) is 2.34. The Morgan fingerprint density at radius 3 is 2.47 bits per heavy atom. The van der Waals surface area contributed by atoms with E-state index < -0.39 is 5.97 Å². The molecule has 0 bridgehead atoms. The van der Waals surface area contributed by atoms with Crippen LogP contribution in [0.25, 0.3) is 0 Å². The van der Waals surface area contributed by atoms with Crippen LogP contribution in [0.2, 0.25) is 5.02 Å². The Kier molecular flexibility index (Phi) is 3.45. The van der Waals surface area contributed by atoms with Gasteiger partial charge in [0.2, 0.25) is 0 Å². The highest BCUT2D eigenvalue weighted by atomic mass is 35.5. The molecule has 3 heteroatoms. The van der Waals surface area contributed by atoms with E-state index in [4.69, 9.17) is 16.3 Å². The lowest BCUT2D eigenvalue weighted by atomic mass is 10.1. The number of benzene rings is 2. The zero-order chi connectivity index (χ0) is 12.3. The van der Waals surface area contributed by atoms with Gasteiger partial charge in [-0.25, -0.2) is 4.79 Å². The molecule has 0 aliphatic rings. The summed E-state index contributed by atoms with van der Waals surface area (Å²) in [7, 11) is 0. The molecular formula is C14H11ClO2. The van der Waals surface area contributed by atoms with E-state index in [0.29, 0.717) is 16.3 Å². The Morgan fingerprint density at radius 2 is 1.82 bits per heavy atom. The molecule has 0 saturated heterocycles. The van der Waals surface area contributed by atoms with Gasteiger partial charge in [-0.3, -0.25) is 0 Å². The predicted molar refractivity (Wildman–Crippen MR) is 67.6 cm³/mol. The Hall–Kier alpha value is -1.80. The SMILES string of the molecule is Cc1ccc(C(=O)Oc2ccccc2)cc1Cl. The van der Waals surface area contributed by atoms with Gasteiger partial charge in [0.05, 0.1) is 5.56 Å². The summed E-state index contributed by atoms with van der Waals surface area (Å²) in [6.45, 7) is 1.88. The first-order valence-electron chi connectivity index (χ1n) is 5.20. The van der Waals surface area contributed by atoms with E-state index in [1.165, 1.54) is 0 Å². The summed E-state index contributed by atoms with van der Waals surface area (Å²) in [5.41, 5.74) is 1.38. The molecular weight excluding hydrogens is 236 g/mol. The van der Waals surface area contributed by atoms with Crippen LogP contribution in [0, 0.1) is 6.92 Å². The van der Waals surface area contributed by atoms with Crippen molar-refractivity contribution in [1.29, 1.82) is 0 Å². The van der Waals surface area contributed by atoms with E-state index in [1.54, 1.807) is 30.3 Å². The van der Waals surface area contributed by atoms with Crippen molar-refractivity contribution in [2.75, 3.05) is 0 Å². The maximum atomic E-state index is 11.8. The third-order valence-electron chi connectivity index (χ3n) is 2.36. The molecule has 0 saturated carbocycles. The quantitative estimate of drug-likeness (QED) is 0.594. The molecule has 2 rings (SSSR count). The van der Waals surface area contributed by atoms with E-state index in [9.17, 15) is 4.79 Å². The Bertz CT molecular complexity index is 535. The summed E-state index contributed by atoms with van der Waals surface area (Å²) in [6, 6.07) is 14.1. The van der Waals surface area contributed by atoms with E-state index in [1.807, 2.05) is 25.1 Å². The van der Waals surface area contributed by atoms with Gasteiger partial charge < -0.3 is 4.74 Å². The highest BCUT2D eigenvalue weighted by Gasteiger charge is 2.09. The summed E-state index contributed by atoms with van der Waals surface area (Å²) in [5, 5.41) is 0.563.